The van der Waals surface area contributed by atoms with Crippen molar-refractivity contribution < 1.29 is 33.6 Å². The molecule has 1 aliphatic heterocycles. The third kappa shape index (κ3) is 4.97. The van der Waals surface area contributed by atoms with Gasteiger partial charge in [0.05, 0.1) is 45.7 Å². The van der Waals surface area contributed by atoms with Crippen LogP contribution in [-0.2, 0) is 14.3 Å². The van der Waals surface area contributed by atoms with Gasteiger partial charge < -0.3 is 29.0 Å². The van der Waals surface area contributed by atoms with E-state index in [9.17, 15) is 14.7 Å². The molecule has 0 saturated carbocycles. The lowest BCUT2D eigenvalue weighted by Crippen LogP contribution is -2.33. The highest BCUT2D eigenvalue weighted by molar-refractivity contribution is 6.46. The molecule has 1 aliphatic rings. The van der Waals surface area contributed by atoms with Crippen molar-refractivity contribution in [2.24, 2.45) is 0 Å². The minimum atomic E-state index is -0.893. The molecule has 1 amide bonds. The molecule has 1 unspecified atom stereocenters. The molecule has 37 heavy (non-hydrogen) atoms. The maximum absolute atomic E-state index is 13.4. The summed E-state index contributed by atoms with van der Waals surface area (Å²) in [4.78, 5) is 28.0. The zero-order chi connectivity index (χ0) is 26.7. The average Bonchev–Trinajstić information content (AvgIpc) is 3.16. The molecule has 0 spiro atoms. The minimum Gasteiger partial charge on any atom is -0.507 e. The van der Waals surface area contributed by atoms with Gasteiger partial charge in [0.2, 0.25) is 5.75 Å². The Balaban J connectivity index is 1.90. The topological polar surface area (TPSA) is 94.5 Å². The Labute approximate surface area is 216 Å². The summed E-state index contributed by atoms with van der Waals surface area (Å²) in [5.74, 6) is -0.626. The fraction of sp³-hybridized carbons (Fsp3) is 0.310. The minimum absolute atomic E-state index is 0.0147. The number of hydrogen-bond acceptors (Lipinski definition) is 7. The van der Waals surface area contributed by atoms with E-state index in [0.29, 0.717) is 28.4 Å². The first-order valence-corrected chi connectivity index (χ1v) is 12.0. The number of rotatable bonds is 9. The molecule has 1 saturated heterocycles. The van der Waals surface area contributed by atoms with Gasteiger partial charge in [0, 0.05) is 12.1 Å². The Hall–Kier alpha value is -4.04. The van der Waals surface area contributed by atoms with Gasteiger partial charge in [-0.05, 0) is 48.4 Å². The molecule has 3 aromatic carbocycles. The van der Waals surface area contributed by atoms with Crippen LogP contribution in [0.15, 0.2) is 60.2 Å². The predicted octanol–water partition coefficient (Wildman–Crippen LogP) is 4.71. The molecule has 8 heteroatoms. The van der Waals surface area contributed by atoms with Crippen molar-refractivity contribution in [2.45, 2.75) is 26.0 Å². The second-order valence-corrected chi connectivity index (χ2v) is 8.93. The maximum Gasteiger partial charge on any atom is 0.295 e. The summed E-state index contributed by atoms with van der Waals surface area (Å²) in [5.41, 5.74) is 0.951. The van der Waals surface area contributed by atoms with Crippen LogP contribution in [0.25, 0.3) is 16.5 Å². The van der Waals surface area contributed by atoms with Gasteiger partial charge in [-0.3, -0.25) is 9.59 Å². The SMILES string of the molecule is COc1cc(C2/C(=C(\O)c3ccc4ccccc4c3)C(=O)C(=O)N2CCOC(C)C)cc(OC)c1OC. The molecule has 0 aliphatic carbocycles. The fourth-order valence-corrected chi connectivity index (χ4v) is 4.60. The summed E-state index contributed by atoms with van der Waals surface area (Å²) >= 11 is 0. The van der Waals surface area contributed by atoms with Gasteiger partial charge in [-0.15, -0.1) is 0 Å². The van der Waals surface area contributed by atoms with Crippen LogP contribution in [0, 0.1) is 0 Å². The number of nitrogens with zero attached hydrogens (tertiary/aromatic N) is 1. The van der Waals surface area contributed by atoms with Gasteiger partial charge in [-0.1, -0.05) is 36.4 Å². The number of hydrogen-bond donors (Lipinski definition) is 1. The molecule has 0 radical (unpaired) electrons. The Bertz CT molecular complexity index is 1340. The van der Waals surface area contributed by atoms with Crippen molar-refractivity contribution in [3.8, 4) is 17.2 Å². The second-order valence-electron chi connectivity index (χ2n) is 8.93. The first-order chi connectivity index (χ1) is 17.8. The zero-order valence-corrected chi connectivity index (χ0v) is 21.6. The summed E-state index contributed by atoms with van der Waals surface area (Å²) in [7, 11) is 4.47. The van der Waals surface area contributed by atoms with E-state index in [1.54, 1.807) is 24.3 Å². The number of carbonyl (C=O) groups is 2. The number of benzene rings is 3. The molecule has 3 aromatic rings. The molecule has 1 heterocycles. The zero-order valence-electron chi connectivity index (χ0n) is 21.6. The van der Waals surface area contributed by atoms with Crippen molar-refractivity contribution >= 4 is 28.2 Å². The molecular formula is C29H31NO7. The molecule has 0 aromatic heterocycles. The van der Waals surface area contributed by atoms with Gasteiger partial charge in [0.1, 0.15) is 5.76 Å². The van der Waals surface area contributed by atoms with Crippen molar-refractivity contribution in [3.05, 3.63) is 71.3 Å². The lowest BCUT2D eigenvalue weighted by Gasteiger charge is -2.27. The summed E-state index contributed by atoms with van der Waals surface area (Å²) in [6.45, 7) is 4.16. The highest BCUT2D eigenvalue weighted by atomic mass is 16.5. The first kappa shape index (κ1) is 26.0. The summed E-state index contributed by atoms with van der Waals surface area (Å²) in [6.07, 6.45) is -0.0472. The van der Waals surface area contributed by atoms with E-state index in [1.165, 1.54) is 26.2 Å². The highest BCUT2D eigenvalue weighted by Gasteiger charge is 2.46. The number of ether oxygens (including phenoxy) is 4. The second kappa shape index (κ2) is 10.9. The normalized spacial score (nSPS) is 17.0. The average molecular weight is 506 g/mol. The van der Waals surface area contributed by atoms with Crippen LogP contribution in [0.4, 0.5) is 0 Å². The van der Waals surface area contributed by atoms with Crippen molar-refractivity contribution in [1.82, 2.24) is 4.90 Å². The standard InChI is InChI=1S/C29H31NO7/c1-17(2)37-13-12-30-25(21-15-22(34-3)28(36-5)23(16-21)35-4)24(27(32)29(30)33)26(31)20-11-10-18-8-6-7-9-19(18)14-20/h6-11,14-17,25,31H,12-13H2,1-5H3/b26-24+. The molecule has 1 fully saturated rings. The number of Topliss-reactive ketones (excluding diaryl/α,β-unsaturated/α-hetero) is 1. The van der Waals surface area contributed by atoms with Crippen LogP contribution in [0.2, 0.25) is 0 Å². The van der Waals surface area contributed by atoms with E-state index >= 15 is 0 Å². The van der Waals surface area contributed by atoms with Crippen LogP contribution < -0.4 is 14.2 Å². The van der Waals surface area contributed by atoms with Gasteiger partial charge >= 0.3 is 0 Å². The van der Waals surface area contributed by atoms with Crippen LogP contribution in [0.3, 0.4) is 0 Å². The van der Waals surface area contributed by atoms with Crippen LogP contribution >= 0.6 is 0 Å². The molecule has 8 nitrogen and oxygen atoms in total. The van der Waals surface area contributed by atoms with Gasteiger partial charge in [0.15, 0.2) is 11.5 Å². The first-order valence-electron chi connectivity index (χ1n) is 12.0. The van der Waals surface area contributed by atoms with Crippen molar-refractivity contribution in [1.29, 1.82) is 0 Å². The number of methoxy groups -OCH3 is 3. The van der Waals surface area contributed by atoms with E-state index in [1.807, 2.05) is 44.2 Å². The molecule has 1 atom stereocenters. The van der Waals surface area contributed by atoms with Crippen LogP contribution in [-0.4, -0.2) is 62.3 Å². The van der Waals surface area contributed by atoms with Gasteiger partial charge in [-0.25, -0.2) is 0 Å². The molecule has 0 bridgehead atoms. The number of aliphatic hydroxyl groups is 1. The summed E-state index contributed by atoms with van der Waals surface area (Å²) in [6, 6.07) is 15.6. The van der Waals surface area contributed by atoms with E-state index in [-0.39, 0.29) is 30.6 Å². The Morgan fingerprint density at radius 2 is 1.57 bits per heavy atom. The van der Waals surface area contributed by atoms with Crippen LogP contribution in [0.5, 0.6) is 17.2 Å². The Morgan fingerprint density at radius 3 is 2.16 bits per heavy atom. The van der Waals surface area contributed by atoms with Crippen molar-refractivity contribution in [3.63, 3.8) is 0 Å². The smallest absolute Gasteiger partial charge is 0.295 e. The number of amides is 1. The number of carbonyl (C=O) groups excluding carboxylic acids is 2. The highest BCUT2D eigenvalue weighted by Crippen LogP contribution is 2.45. The fourth-order valence-electron chi connectivity index (χ4n) is 4.60. The number of likely N-dealkylation sites (tertiary alicyclic amines) is 1. The molecular weight excluding hydrogens is 474 g/mol. The number of aliphatic hydroxyl groups excluding tert-OH is 1. The summed E-state index contributed by atoms with van der Waals surface area (Å²) in [5, 5.41) is 13.3. The van der Waals surface area contributed by atoms with E-state index in [4.69, 9.17) is 18.9 Å². The van der Waals surface area contributed by atoms with E-state index in [2.05, 4.69) is 0 Å². The van der Waals surface area contributed by atoms with E-state index < -0.39 is 17.7 Å². The van der Waals surface area contributed by atoms with Gasteiger partial charge in [-0.2, -0.15) is 0 Å². The number of fused-ring (bicyclic) bond motifs is 1. The predicted molar refractivity (Wildman–Crippen MR) is 140 cm³/mol. The molecule has 1 N–H and O–H groups in total. The van der Waals surface area contributed by atoms with Crippen molar-refractivity contribution in [2.75, 3.05) is 34.5 Å². The maximum atomic E-state index is 13.4. The lowest BCUT2D eigenvalue weighted by molar-refractivity contribution is -0.140. The molecule has 194 valence electrons. The van der Waals surface area contributed by atoms with E-state index in [0.717, 1.165) is 10.8 Å². The number of ketones is 1. The van der Waals surface area contributed by atoms with Crippen LogP contribution in [0.1, 0.15) is 31.0 Å². The monoisotopic (exact) mass is 505 g/mol. The third-order valence-electron chi connectivity index (χ3n) is 6.35. The third-order valence-corrected chi connectivity index (χ3v) is 6.35. The Kier molecular flexibility index (Phi) is 7.69. The molecule has 4 rings (SSSR count). The summed E-state index contributed by atoms with van der Waals surface area (Å²) < 4.78 is 22.1. The largest absolute Gasteiger partial charge is 0.507 e. The quantitative estimate of drug-likeness (QED) is 0.256. The lowest BCUT2D eigenvalue weighted by atomic mass is 9.94. The van der Waals surface area contributed by atoms with Gasteiger partial charge in [0.25, 0.3) is 11.7 Å². The Morgan fingerprint density at radius 1 is 0.919 bits per heavy atom.